The van der Waals surface area contributed by atoms with Crippen LogP contribution in [0.25, 0.3) is 0 Å². The Morgan fingerprint density at radius 1 is 1.32 bits per heavy atom. The highest BCUT2D eigenvalue weighted by Crippen LogP contribution is 2.24. The van der Waals surface area contributed by atoms with Gasteiger partial charge in [-0.2, -0.15) is 5.10 Å². The van der Waals surface area contributed by atoms with Gasteiger partial charge in [-0.1, -0.05) is 58.0 Å². The maximum absolute atomic E-state index is 9.84. The molecule has 2 rings (SSSR count). The first-order valence-electron chi connectivity index (χ1n) is 6.58. The Bertz CT molecular complexity index is 702. The third-order valence-electron chi connectivity index (χ3n) is 2.89. The van der Waals surface area contributed by atoms with Crippen molar-refractivity contribution in [3.8, 4) is 5.75 Å². The number of amidine groups is 1. The predicted octanol–water partition coefficient (Wildman–Crippen LogP) is 4.05. The van der Waals surface area contributed by atoms with E-state index in [4.69, 9.17) is 5.73 Å². The summed E-state index contributed by atoms with van der Waals surface area (Å²) in [5, 5.41) is 18.1. The molecule has 0 fully saturated rings. The zero-order valence-electron chi connectivity index (χ0n) is 12.0. The molecule has 0 aliphatic carbocycles. The van der Waals surface area contributed by atoms with Gasteiger partial charge in [-0.3, -0.25) is 0 Å². The highest BCUT2D eigenvalue weighted by molar-refractivity contribution is 9.10. The molecule has 2 aromatic rings. The van der Waals surface area contributed by atoms with Crippen molar-refractivity contribution in [3.63, 3.8) is 0 Å². The third kappa shape index (κ3) is 4.89. The van der Waals surface area contributed by atoms with Crippen LogP contribution in [-0.4, -0.2) is 16.5 Å². The zero-order chi connectivity index (χ0) is 15.9. The van der Waals surface area contributed by atoms with E-state index in [9.17, 15) is 5.11 Å². The Labute approximate surface area is 142 Å². The Morgan fingerprint density at radius 2 is 2.05 bits per heavy atom. The van der Waals surface area contributed by atoms with Crippen LogP contribution in [0.5, 0.6) is 5.75 Å². The molecule has 114 valence electrons. The third-order valence-corrected chi connectivity index (χ3v) is 4.60. The van der Waals surface area contributed by atoms with E-state index < -0.39 is 0 Å². The van der Waals surface area contributed by atoms with Crippen molar-refractivity contribution >= 4 is 39.1 Å². The van der Waals surface area contributed by atoms with Crippen LogP contribution in [0, 0.1) is 6.92 Å². The second-order valence-electron chi connectivity index (χ2n) is 4.62. The predicted molar refractivity (Wildman–Crippen MR) is 97.5 cm³/mol. The summed E-state index contributed by atoms with van der Waals surface area (Å²) in [4.78, 5) is 0. The number of halogens is 1. The molecule has 0 bridgehead atoms. The fourth-order valence-corrected chi connectivity index (χ4v) is 2.67. The molecule has 0 saturated heterocycles. The Hall–Kier alpha value is -1.79. The van der Waals surface area contributed by atoms with E-state index in [0.29, 0.717) is 10.7 Å². The normalized spacial score (nSPS) is 12.0. The fourth-order valence-electron chi connectivity index (χ4n) is 1.69. The number of aryl methyl sites for hydroxylation is 1. The summed E-state index contributed by atoms with van der Waals surface area (Å²) in [7, 11) is 0. The lowest BCUT2D eigenvalue weighted by Gasteiger charge is -2.02. The maximum atomic E-state index is 9.84. The molecule has 0 aliphatic rings. The summed E-state index contributed by atoms with van der Waals surface area (Å²) in [6.45, 7) is 1.90. The molecule has 0 aliphatic heterocycles. The first-order valence-corrected chi connectivity index (χ1v) is 8.36. The molecule has 0 spiro atoms. The van der Waals surface area contributed by atoms with Gasteiger partial charge in [-0.25, -0.2) is 0 Å². The zero-order valence-corrected chi connectivity index (χ0v) is 14.4. The SMILES string of the molecule is Cc1cc(O)c(C=NN=C(N)SCc2ccccc2)cc1Br. The minimum Gasteiger partial charge on any atom is -0.507 e. The van der Waals surface area contributed by atoms with Crippen molar-refractivity contribution < 1.29 is 5.11 Å². The van der Waals surface area contributed by atoms with Gasteiger partial charge in [0.2, 0.25) is 0 Å². The molecule has 0 heterocycles. The second kappa shape index (κ2) is 8.00. The molecule has 0 amide bonds. The quantitative estimate of drug-likeness (QED) is 0.479. The van der Waals surface area contributed by atoms with Crippen LogP contribution >= 0.6 is 27.7 Å². The summed E-state index contributed by atoms with van der Waals surface area (Å²) >= 11 is 4.83. The summed E-state index contributed by atoms with van der Waals surface area (Å²) in [5.41, 5.74) is 8.52. The molecular formula is C16H16BrN3OS. The lowest BCUT2D eigenvalue weighted by molar-refractivity contribution is 0.474. The van der Waals surface area contributed by atoms with E-state index in [0.717, 1.165) is 15.8 Å². The maximum Gasteiger partial charge on any atom is 0.180 e. The van der Waals surface area contributed by atoms with E-state index in [1.54, 1.807) is 12.1 Å². The van der Waals surface area contributed by atoms with Crippen LogP contribution in [0.1, 0.15) is 16.7 Å². The van der Waals surface area contributed by atoms with Crippen LogP contribution < -0.4 is 5.73 Å². The van der Waals surface area contributed by atoms with E-state index in [1.807, 2.05) is 37.3 Å². The van der Waals surface area contributed by atoms with Gasteiger partial charge in [0.05, 0.1) is 6.21 Å². The first kappa shape index (κ1) is 16.6. The van der Waals surface area contributed by atoms with E-state index >= 15 is 0 Å². The molecule has 22 heavy (non-hydrogen) atoms. The molecule has 2 aromatic carbocycles. The molecule has 0 aromatic heterocycles. The van der Waals surface area contributed by atoms with E-state index in [2.05, 4.69) is 26.1 Å². The minimum atomic E-state index is 0.162. The number of phenols is 1. The Balaban J connectivity index is 1.97. The topological polar surface area (TPSA) is 71.0 Å². The second-order valence-corrected chi connectivity index (χ2v) is 6.47. The van der Waals surface area contributed by atoms with E-state index in [-0.39, 0.29) is 5.75 Å². The van der Waals surface area contributed by atoms with Gasteiger partial charge >= 0.3 is 0 Å². The van der Waals surface area contributed by atoms with Crippen LogP contribution in [0.3, 0.4) is 0 Å². The number of hydrogen-bond acceptors (Lipinski definition) is 4. The summed E-state index contributed by atoms with van der Waals surface area (Å²) in [6.07, 6.45) is 1.48. The fraction of sp³-hybridized carbons (Fsp3) is 0.125. The van der Waals surface area contributed by atoms with Gasteiger partial charge in [0, 0.05) is 15.8 Å². The van der Waals surface area contributed by atoms with Gasteiger partial charge in [0.25, 0.3) is 0 Å². The number of aromatic hydroxyl groups is 1. The lowest BCUT2D eigenvalue weighted by atomic mass is 10.1. The van der Waals surface area contributed by atoms with Crippen LogP contribution in [-0.2, 0) is 5.75 Å². The molecule has 3 N–H and O–H groups in total. The average molecular weight is 378 g/mol. The number of phenolic OH excluding ortho intramolecular Hbond substituents is 1. The largest absolute Gasteiger partial charge is 0.507 e. The number of rotatable bonds is 4. The van der Waals surface area contributed by atoms with Crippen LogP contribution in [0.4, 0.5) is 0 Å². The van der Waals surface area contributed by atoms with Gasteiger partial charge in [0.15, 0.2) is 5.17 Å². The van der Waals surface area contributed by atoms with Crippen LogP contribution in [0.15, 0.2) is 57.1 Å². The lowest BCUT2D eigenvalue weighted by Crippen LogP contribution is -2.06. The standard InChI is InChI=1S/C16H16BrN3OS/c1-11-7-15(21)13(8-14(11)17)9-19-20-16(18)22-10-12-5-3-2-4-6-12/h2-9,21H,10H2,1H3,(H2,18,20). The smallest absolute Gasteiger partial charge is 0.180 e. The number of nitrogens with zero attached hydrogens (tertiary/aromatic N) is 2. The number of benzene rings is 2. The molecule has 0 radical (unpaired) electrons. The highest BCUT2D eigenvalue weighted by Gasteiger charge is 2.02. The van der Waals surface area contributed by atoms with Crippen molar-refractivity contribution in [1.29, 1.82) is 0 Å². The van der Waals surface area contributed by atoms with Gasteiger partial charge < -0.3 is 10.8 Å². The number of thioether (sulfide) groups is 1. The van der Waals surface area contributed by atoms with Gasteiger partial charge in [-0.15, -0.1) is 5.10 Å². The highest BCUT2D eigenvalue weighted by atomic mass is 79.9. The Kier molecular flexibility index (Phi) is 6.03. The molecule has 0 atom stereocenters. The summed E-state index contributed by atoms with van der Waals surface area (Å²) in [5.74, 6) is 0.905. The summed E-state index contributed by atoms with van der Waals surface area (Å²) in [6, 6.07) is 13.5. The molecule has 0 unspecified atom stereocenters. The molecule has 4 nitrogen and oxygen atoms in total. The van der Waals surface area contributed by atoms with E-state index in [1.165, 1.54) is 23.5 Å². The molecule has 6 heteroatoms. The van der Waals surface area contributed by atoms with Crippen molar-refractivity contribution in [2.75, 3.05) is 0 Å². The van der Waals surface area contributed by atoms with Crippen LogP contribution in [0.2, 0.25) is 0 Å². The first-order chi connectivity index (χ1) is 10.6. The Morgan fingerprint density at radius 3 is 2.77 bits per heavy atom. The summed E-state index contributed by atoms with van der Waals surface area (Å²) < 4.78 is 0.905. The average Bonchev–Trinajstić information content (AvgIpc) is 2.51. The molecule has 0 saturated carbocycles. The number of nitrogens with two attached hydrogens (primary N) is 1. The van der Waals surface area contributed by atoms with Crippen molar-refractivity contribution in [3.05, 3.63) is 63.6 Å². The van der Waals surface area contributed by atoms with Crippen molar-refractivity contribution in [2.24, 2.45) is 15.9 Å². The van der Waals surface area contributed by atoms with Crippen molar-refractivity contribution in [2.45, 2.75) is 12.7 Å². The number of hydrogen-bond donors (Lipinski definition) is 2. The van der Waals surface area contributed by atoms with Crippen molar-refractivity contribution in [1.82, 2.24) is 0 Å². The monoisotopic (exact) mass is 377 g/mol. The van der Waals surface area contributed by atoms with Gasteiger partial charge in [-0.05, 0) is 30.2 Å². The molecular weight excluding hydrogens is 362 g/mol. The van der Waals surface area contributed by atoms with Gasteiger partial charge in [0.1, 0.15) is 5.75 Å². The minimum absolute atomic E-state index is 0.162.